The van der Waals surface area contributed by atoms with Crippen molar-refractivity contribution in [2.24, 2.45) is 0 Å². The molecule has 0 radical (unpaired) electrons. The molecule has 0 saturated carbocycles. The van der Waals surface area contributed by atoms with Gasteiger partial charge in [-0.1, -0.05) is 17.7 Å². The molecule has 132 valence electrons. The first-order valence-corrected chi connectivity index (χ1v) is 10.3. The lowest BCUT2D eigenvalue weighted by Gasteiger charge is -2.10. The number of H-pyrrole nitrogens is 1. The maximum Gasteiger partial charge on any atom is 0.261 e. The number of halogens is 1. The number of hydrogen-bond donors (Lipinski definition) is 2. The highest BCUT2D eigenvalue weighted by Gasteiger charge is 2.18. The summed E-state index contributed by atoms with van der Waals surface area (Å²) < 4.78 is 28.1. The smallest absolute Gasteiger partial charge is 0.261 e. The first-order valence-electron chi connectivity index (χ1n) is 7.61. The van der Waals surface area contributed by atoms with E-state index in [9.17, 15) is 8.42 Å². The molecule has 0 saturated heterocycles. The molecule has 0 aliphatic rings. The summed E-state index contributed by atoms with van der Waals surface area (Å²) in [5.74, 6) is 0. The van der Waals surface area contributed by atoms with Gasteiger partial charge in [0, 0.05) is 32.7 Å². The van der Waals surface area contributed by atoms with Gasteiger partial charge < -0.3 is 0 Å². The van der Waals surface area contributed by atoms with Gasteiger partial charge in [0.25, 0.3) is 10.0 Å². The number of nitrogens with zero attached hydrogens (tertiary/aromatic N) is 2. The van der Waals surface area contributed by atoms with Crippen molar-refractivity contribution in [3.8, 4) is 10.4 Å². The number of aromatic nitrogens is 3. The SMILES string of the molecule is Cc1cc(NS(=O)(=O)c2cccc(Cl)c2)c2cc(-c3cn[nH]c3)sc2n1. The molecule has 0 spiro atoms. The van der Waals surface area contributed by atoms with E-state index in [-0.39, 0.29) is 4.90 Å². The van der Waals surface area contributed by atoms with Crippen LogP contribution in [0.25, 0.3) is 20.7 Å². The van der Waals surface area contributed by atoms with Crippen molar-refractivity contribution in [1.29, 1.82) is 0 Å². The predicted molar refractivity (Wildman–Crippen MR) is 104 cm³/mol. The van der Waals surface area contributed by atoms with Gasteiger partial charge in [-0.15, -0.1) is 11.3 Å². The molecule has 0 fully saturated rings. The lowest BCUT2D eigenvalue weighted by molar-refractivity contribution is 0.601. The molecule has 0 unspecified atom stereocenters. The number of aryl methyl sites for hydroxylation is 1. The van der Waals surface area contributed by atoms with Crippen molar-refractivity contribution >= 4 is 48.9 Å². The van der Waals surface area contributed by atoms with Gasteiger partial charge in [0.1, 0.15) is 4.83 Å². The molecule has 0 atom stereocenters. The summed E-state index contributed by atoms with van der Waals surface area (Å²) in [4.78, 5) is 6.33. The zero-order valence-corrected chi connectivity index (χ0v) is 15.9. The summed E-state index contributed by atoms with van der Waals surface area (Å²) in [6.45, 7) is 1.83. The molecule has 9 heteroatoms. The molecule has 26 heavy (non-hydrogen) atoms. The van der Waals surface area contributed by atoms with Crippen molar-refractivity contribution in [2.75, 3.05) is 4.72 Å². The molecule has 3 heterocycles. The van der Waals surface area contributed by atoms with E-state index >= 15 is 0 Å². The van der Waals surface area contributed by atoms with Crippen LogP contribution in [0.1, 0.15) is 5.69 Å². The number of nitrogens with one attached hydrogen (secondary N) is 2. The standard InChI is InChI=1S/C17H13ClN4O2S2/c1-10-5-15(22-26(23,24)13-4-2-3-12(18)6-13)14-7-16(25-17(14)21-10)11-8-19-20-9-11/h2-9H,1H3,(H,19,20)(H,21,22). The Hall–Kier alpha value is -2.42. The Labute approximate surface area is 158 Å². The average Bonchev–Trinajstić information content (AvgIpc) is 3.23. The van der Waals surface area contributed by atoms with E-state index in [1.165, 1.54) is 23.5 Å². The fourth-order valence-corrected chi connectivity index (χ4v) is 5.04. The maximum atomic E-state index is 12.7. The van der Waals surface area contributed by atoms with Crippen LogP contribution in [-0.4, -0.2) is 23.6 Å². The summed E-state index contributed by atoms with van der Waals surface area (Å²) >= 11 is 7.41. The van der Waals surface area contributed by atoms with Crippen molar-refractivity contribution in [3.05, 3.63) is 59.5 Å². The third-order valence-corrected chi connectivity index (χ3v) is 6.44. The number of fused-ring (bicyclic) bond motifs is 1. The van der Waals surface area contributed by atoms with Gasteiger partial charge >= 0.3 is 0 Å². The number of sulfonamides is 1. The van der Waals surface area contributed by atoms with E-state index in [0.717, 1.165) is 26.4 Å². The minimum absolute atomic E-state index is 0.109. The van der Waals surface area contributed by atoms with Crippen molar-refractivity contribution in [2.45, 2.75) is 11.8 Å². The summed E-state index contributed by atoms with van der Waals surface area (Å²) in [7, 11) is -3.76. The van der Waals surface area contributed by atoms with E-state index in [4.69, 9.17) is 11.6 Å². The number of aromatic amines is 1. The fraction of sp³-hybridized carbons (Fsp3) is 0.0588. The van der Waals surface area contributed by atoms with E-state index in [1.807, 2.05) is 13.0 Å². The highest BCUT2D eigenvalue weighted by atomic mass is 35.5. The van der Waals surface area contributed by atoms with E-state index in [1.54, 1.807) is 30.6 Å². The first kappa shape index (κ1) is 17.0. The van der Waals surface area contributed by atoms with Crippen LogP contribution in [0.4, 0.5) is 5.69 Å². The first-order chi connectivity index (χ1) is 12.4. The Bertz CT molecular complexity index is 1200. The zero-order chi connectivity index (χ0) is 18.3. The van der Waals surface area contributed by atoms with Gasteiger partial charge in [0.15, 0.2) is 0 Å². The topological polar surface area (TPSA) is 87.7 Å². The lowest BCUT2D eigenvalue weighted by atomic mass is 10.2. The molecule has 0 amide bonds. The minimum Gasteiger partial charge on any atom is -0.285 e. The van der Waals surface area contributed by atoms with Crippen LogP contribution in [0.15, 0.2) is 53.7 Å². The summed E-state index contributed by atoms with van der Waals surface area (Å²) in [6.07, 6.45) is 3.50. The monoisotopic (exact) mass is 404 g/mol. The highest BCUT2D eigenvalue weighted by molar-refractivity contribution is 7.92. The van der Waals surface area contributed by atoms with Gasteiger partial charge in [-0.05, 0) is 37.3 Å². The van der Waals surface area contributed by atoms with Crippen LogP contribution in [0.3, 0.4) is 0 Å². The number of rotatable bonds is 4. The Morgan fingerprint density at radius 2 is 2.08 bits per heavy atom. The molecule has 4 aromatic rings. The van der Waals surface area contributed by atoms with Crippen LogP contribution in [-0.2, 0) is 10.0 Å². The molecule has 2 N–H and O–H groups in total. The van der Waals surface area contributed by atoms with Crippen LogP contribution in [0, 0.1) is 6.92 Å². The second kappa shape index (κ2) is 6.39. The minimum atomic E-state index is -3.76. The number of anilines is 1. The Morgan fingerprint density at radius 3 is 2.81 bits per heavy atom. The third-order valence-electron chi connectivity index (χ3n) is 3.77. The van der Waals surface area contributed by atoms with Gasteiger partial charge in [-0.25, -0.2) is 13.4 Å². The molecule has 6 nitrogen and oxygen atoms in total. The van der Waals surface area contributed by atoms with Crippen LogP contribution in [0.5, 0.6) is 0 Å². The van der Waals surface area contributed by atoms with E-state index in [0.29, 0.717) is 10.7 Å². The number of benzene rings is 1. The van der Waals surface area contributed by atoms with Crippen molar-refractivity contribution in [1.82, 2.24) is 15.2 Å². The van der Waals surface area contributed by atoms with Gasteiger partial charge in [0.05, 0.1) is 16.8 Å². The third kappa shape index (κ3) is 3.18. The molecular weight excluding hydrogens is 392 g/mol. The molecule has 4 rings (SSSR count). The molecule has 1 aromatic carbocycles. The number of pyridine rings is 1. The van der Waals surface area contributed by atoms with Crippen LogP contribution >= 0.6 is 22.9 Å². The lowest BCUT2D eigenvalue weighted by Crippen LogP contribution is -2.13. The highest BCUT2D eigenvalue weighted by Crippen LogP contribution is 2.36. The van der Waals surface area contributed by atoms with Crippen molar-refractivity contribution < 1.29 is 8.42 Å². The maximum absolute atomic E-state index is 12.7. The van der Waals surface area contributed by atoms with E-state index in [2.05, 4.69) is 19.9 Å². The summed E-state index contributed by atoms with van der Waals surface area (Å²) in [5, 5.41) is 7.83. The fourth-order valence-electron chi connectivity index (χ4n) is 2.59. The van der Waals surface area contributed by atoms with Crippen LogP contribution < -0.4 is 4.72 Å². The molecule has 3 aromatic heterocycles. The largest absolute Gasteiger partial charge is 0.285 e. The summed E-state index contributed by atoms with van der Waals surface area (Å²) in [5.41, 5.74) is 2.13. The Balaban J connectivity index is 1.81. The van der Waals surface area contributed by atoms with E-state index < -0.39 is 10.0 Å². The van der Waals surface area contributed by atoms with Gasteiger partial charge in [-0.2, -0.15) is 5.10 Å². The van der Waals surface area contributed by atoms with Gasteiger partial charge in [-0.3, -0.25) is 9.82 Å². The normalized spacial score (nSPS) is 11.8. The molecule has 0 aliphatic heterocycles. The second-order valence-electron chi connectivity index (χ2n) is 5.69. The quantitative estimate of drug-likeness (QED) is 0.526. The second-order valence-corrected chi connectivity index (χ2v) is 8.84. The average molecular weight is 405 g/mol. The summed E-state index contributed by atoms with van der Waals surface area (Å²) in [6, 6.07) is 9.78. The molecular formula is C17H13ClN4O2S2. The zero-order valence-electron chi connectivity index (χ0n) is 13.5. The predicted octanol–water partition coefficient (Wildman–Crippen LogP) is 4.45. The molecule has 0 bridgehead atoms. The van der Waals surface area contributed by atoms with Crippen LogP contribution in [0.2, 0.25) is 5.02 Å². The Morgan fingerprint density at radius 1 is 1.23 bits per heavy atom. The number of hydrogen-bond acceptors (Lipinski definition) is 5. The number of thiophene rings is 1. The van der Waals surface area contributed by atoms with Gasteiger partial charge in [0.2, 0.25) is 0 Å². The Kier molecular flexibility index (Phi) is 4.18. The van der Waals surface area contributed by atoms with Crippen molar-refractivity contribution in [3.63, 3.8) is 0 Å². The molecule has 0 aliphatic carbocycles.